The third-order valence-corrected chi connectivity index (χ3v) is 12.1. The number of hydrogen-bond acceptors (Lipinski definition) is 26. The summed E-state index contributed by atoms with van der Waals surface area (Å²) >= 11 is 0.729. The smallest absolute Gasteiger partial charge is 0.283 e. The van der Waals surface area contributed by atoms with E-state index in [1.807, 2.05) is 0 Å². The van der Waals surface area contributed by atoms with Crippen LogP contribution in [0.1, 0.15) is 0 Å². The standard InChI is InChI=1S/C27H27N5O19S6/c33-27-19-9-10-22(28-16-57(41,42)43)25(31-30-21-3-1-2-4-24(21)56(39,40)14-12-45-54-51-48-36)20(19)15-23(52-49-46-34)26(27)32-29-17-5-7-18(8-6-17)55(37,38)13-11-44-53-50-47-35/h1-10,15,28,33-36H,11-14,16H2,(H,41,42,43)/b31-30+,32-29+. The zero-order chi connectivity index (χ0) is 41.5. The second kappa shape index (κ2) is 21.9. The minimum absolute atomic E-state index is 0.00646. The normalized spacial score (nSPS) is 12.6. The lowest BCUT2D eigenvalue weighted by molar-refractivity contribution is -0.434. The van der Waals surface area contributed by atoms with Gasteiger partial charge in [-0.1, -0.05) is 27.2 Å². The van der Waals surface area contributed by atoms with E-state index in [0.29, 0.717) is 12.0 Å². The van der Waals surface area contributed by atoms with Crippen molar-refractivity contribution in [3.05, 3.63) is 66.7 Å². The molecule has 0 aliphatic rings. The molecule has 30 heteroatoms. The minimum atomic E-state index is -4.60. The molecule has 24 nitrogen and oxygen atoms in total. The summed E-state index contributed by atoms with van der Waals surface area (Å²) in [5.74, 6) is -2.60. The van der Waals surface area contributed by atoms with Gasteiger partial charge in [-0.05, 0) is 54.6 Å². The van der Waals surface area contributed by atoms with Crippen LogP contribution in [0.4, 0.5) is 28.4 Å². The van der Waals surface area contributed by atoms with Gasteiger partial charge in [0.2, 0.25) is 0 Å². The lowest BCUT2D eigenvalue weighted by atomic mass is 10.1. The topological polar surface area (TPSA) is 339 Å². The highest BCUT2D eigenvalue weighted by molar-refractivity contribution is 7.94. The summed E-state index contributed by atoms with van der Waals surface area (Å²) in [7, 11) is -12.5. The van der Waals surface area contributed by atoms with Crippen LogP contribution >= 0.6 is 36.7 Å². The van der Waals surface area contributed by atoms with Gasteiger partial charge in [0.15, 0.2) is 50.1 Å². The molecule has 4 aromatic carbocycles. The lowest BCUT2D eigenvalue weighted by Crippen LogP contribution is -2.13. The van der Waals surface area contributed by atoms with Gasteiger partial charge in [0, 0.05) is 10.8 Å². The molecule has 6 N–H and O–H groups in total. The third kappa shape index (κ3) is 13.7. The van der Waals surface area contributed by atoms with Crippen LogP contribution < -0.4 is 5.32 Å². The van der Waals surface area contributed by atoms with Gasteiger partial charge in [0.05, 0.1) is 62.8 Å². The Labute approximate surface area is 334 Å². The fourth-order valence-corrected chi connectivity index (χ4v) is 8.21. The Kier molecular flexibility index (Phi) is 17.7. The molecule has 0 saturated carbocycles. The Bertz CT molecular complexity index is 2370. The summed E-state index contributed by atoms with van der Waals surface area (Å²) in [5.41, 5.74) is -0.579. The molecule has 0 aromatic heterocycles. The van der Waals surface area contributed by atoms with E-state index < -0.39 is 59.5 Å². The van der Waals surface area contributed by atoms with Crippen LogP contribution in [0.3, 0.4) is 0 Å². The Morgan fingerprint density at radius 2 is 1.28 bits per heavy atom. The van der Waals surface area contributed by atoms with Crippen molar-refractivity contribution in [2.75, 3.05) is 35.9 Å². The van der Waals surface area contributed by atoms with Gasteiger partial charge in [-0.25, -0.2) is 32.6 Å². The van der Waals surface area contributed by atoms with Gasteiger partial charge in [0.1, 0.15) is 22.9 Å². The predicted molar refractivity (Wildman–Crippen MR) is 198 cm³/mol. The maximum atomic E-state index is 13.1. The number of phenolic OH excluding ortho intramolecular Hbond substituents is 1. The summed E-state index contributed by atoms with van der Waals surface area (Å²) in [6, 6.07) is 14.4. The third-order valence-electron chi connectivity index (χ3n) is 6.81. The number of benzene rings is 4. The number of rotatable bonds is 24. The quantitative estimate of drug-likeness (QED) is 0.0107. The van der Waals surface area contributed by atoms with E-state index in [-0.39, 0.29) is 85.1 Å². The van der Waals surface area contributed by atoms with E-state index in [9.17, 15) is 34.9 Å². The van der Waals surface area contributed by atoms with Crippen LogP contribution in [-0.4, -0.2) is 81.3 Å². The first kappa shape index (κ1) is 46.1. The molecule has 0 aliphatic carbocycles. The molecule has 0 aliphatic heterocycles. The van der Waals surface area contributed by atoms with E-state index in [4.69, 9.17) is 24.1 Å². The monoisotopic (exact) mass is 917 g/mol. The highest BCUT2D eigenvalue weighted by Crippen LogP contribution is 2.48. The molecule has 0 radical (unpaired) electrons. The van der Waals surface area contributed by atoms with Gasteiger partial charge < -0.3 is 10.4 Å². The number of anilines is 1. The Hall–Kier alpha value is -3.64. The number of nitrogens with zero attached hydrogens (tertiary/aromatic N) is 4. The zero-order valence-corrected chi connectivity index (χ0v) is 33.0. The van der Waals surface area contributed by atoms with E-state index in [1.54, 1.807) is 0 Å². The molecule has 4 aromatic rings. The number of azo groups is 2. The van der Waals surface area contributed by atoms with Gasteiger partial charge in [-0.15, -0.1) is 28.3 Å². The predicted octanol–water partition coefficient (Wildman–Crippen LogP) is 6.61. The number of hydrogen-bond donors (Lipinski definition) is 6. The lowest BCUT2D eigenvalue weighted by Gasteiger charge is -2.14. The first-order chi connectivity index (χ1) is 27.2. The molecular weight excluding hydrogens is 891 g/mol. The second-order valence-electron chi connectivity index (χ2n) is 10.3. The number of fused-ring (bicyclic) bond motifs is 1. The SMILES string of the molecule is O=S(=O)(O)CNc1ccc2c(O)c(/N=N/c3ccc(S(=O)(=O)CCOSOOO)cc3)c(SOOO)cc2c1/N=N/c1ccccc1S(=O)(=O)CCOSOOO. The van der Waals surface area contributed by atoms with E-state index in [1.165, 1.54) is 66.7 Å². The Morgan fingerprint density at radius 3 is 1.91 bits per heavy atom. The van der Waals surface area contributed by atoms with Gasteiger partial charge in [-0.3, -0.25) is 12.9 Å². The Balaban J connectivity index is 1.75. The maximum Gasteiger partial charge on any atom is 0.283 e. The van der Waals surface area contributed by atoms with Crippen molar-refractivity contribution < 1.29 is 87.2 Å². The number of nitrogens with one attached hydrogen (secondary N) is 1. The van der Waals surface area contributed by atoms with Crippen molar-refractivity contribution in [3.63, 3.8) is 0 Å². The van der Waals surface area contributed by atoms with Crippen LogP contribution in [0.15, 0.2) is 102 Å². The molecule has 0 unspecified atom stereocenters. The average Bonchev–Trinajstić information content (AvgIpc) is 3.18. The van der Waals surface area contributed by atoms with Crippen molar-refractivity contribution in [3.8, 4) is 5.75 Å². The summed E-state index contributed by atoms with van der Waals surface area (Å²) in [6.07, 6.45) is 0. The van der Waals surface area contributed by atoms with Crippen LogP contribution in [0.25, 0.3) is 10.8 Å². The Morgan fingerprint density at radius 1 is 0.667 bits per heavy atom. The number of aromatic hydroxyl groups is 1. The molecule has 0 fully saturated rings. The van der Waals surface area contributed by atoms with Crippen LogP contribution in [-0.2, 0) is 66.3 Å². The average molecular weight is 918 g/mol. The van der Waals surface area contributed by atoms with Crippen molar-refractivity contribution in [1.82, 2.24) is 0 Å². The highest BCUT2D eigenvalue weighted by Gasteiger charge is 2.22. The summed E-state index contributed by atoms with van der Waals surface area (Å²) < 4.78 is 106. The zero-order valence-electron chi connectivity index (χ0n) is 28.1. The van der Waals surface area contributed by atoms with Crippen molar-refractivity contribution in [1.29, 1.82) is 0 Å². The summed E-state index contributed by atoms with van der Waals surface area (Å²) in [6.45, 7) is -0.720. The molecule has 57 heavy (non-hydrogen) atoms. The molecule has 4 rings (SSSR count). The molecule has 0 spiro atoms. The van der Waals surface area contributed by atoms with Gasteiger partial charge >= 0.3 is 0 Å². The van der Waals surface area contributed by atoms with Gasteiger partial charge in [-0.2, -0.15) is 13.5 Å². The largest absolute Gasteiger partial charge is 0.505 e. The summed E-state index contributed by atoms with van der Waals surface area (Å²) in [5, 5.41) is 65.9. The molecule has 0 atom stereocenters. The second-order valence-corrected chi connectivity index (χ2v) is 17.7. The van der Waals surface area contributed by atoms with Crippen LogP contribution in [0, 0.1) is 0 Å². The molecule has 0 bridgehead atoms. The molecule has 0 amide bonds. The number of sulfone groups is 2. The van der Waals surface area contributed by atoms with Gasteiger partial charge in [0.25, 0.3) is 10.1 Å². The molecule has 0 saturated heterocycles. The summed E-state index contributed by atoms with van der Waals surface area (Å²) in [4.78, 5) is -0.477. The minimum Gasteiger partial charge on any atom is -0.505 e. The molecule has 310 valence electrons. The molecule has 0 heterocycles. The molecular formula is C27H27N5O19S6. The highest BCUT2D eigenvalue weighted by atomic mass is 32.2. The maximum absolute atomic E-state index is 13.1. The van der Waals surface area contributed by atoms with E-state index >= 15 is 0 Å². The van der Waals surface area contributed by atoms with Crippen molar-refractivity contribution in [2.45, 2.75) is 14.7 Å². The number of phenols is 1. The fraction of sp³-hybridized carbons (Fsp3) is 0.185. The van der Waals surface area contributed by atoms with Crippen LogP contribution in [0.2, 0.25) is 0 Å². The van der Waals surface area contributed by atoms with E-state index in [0.717, 1.165) is 0 Å². The van der Waals surface area contributed by atoms with E-state index in [2.05, 4.69) is 53.9 Å². The fourth-order valence-electron chi connectivity index (χ4n) is 4.42. The first-order valence-electron chi connectivity index (χ1n) is 14.9. The van der Waals surface area contributed by atoms with Crippen LogP contribution in [0.5, 0.6) is 5.75 Å². The first-order valence-corrected chi connectivity index (χ1v) is 21.9. The van der Waals surface area contributed by atoms with Crippen molar-refractivity contribution >= 4 is 106 Å². The van der Waals surface area contributed by atoms with Crippen molar-refractivity contribution in [2.24, 2.45) is 20.5 Å².